The van der Waals surface area contributed by atoms with Crippen LogP contribution in [0.15, 0.2) is 47.4 Å². The second kappa shape index (κ2) is 7.85. The fourth-order valence-corrected chi connectivity index (χ4v) is 2.96. The van der Waals surface area contributed by atoms with E-state index in [1.807, 2.05) is 0 Å². The zero-order chi connectivity index (χ0) is 17.7. The summed E-state index contributed by atoms with van der Waals surface area (Å²) in [6, 6.07) is 10.4. The highest BCUT2D eigenvalue weighted by molar-refractivity contribution is 7.89. The molecule has 0 saturated heterocycles. The molecule has 128 valence electrons. The molecule has 0 aliphatic heterocycles. The zero-order valence-electron chi connectivity index (χ0n) is 12.5. The molecule has 0 bridgehead atoms. The summed E-state index contributed by atoms with van der Waals surface area (Å²) < 4.78 is 30.7. The van der Waals surface area contributed by atoms with E-state index in [1.54, 1.807) is 12.1 Å². The average Bonchev–Trinajstić information content (AvgIpc) is 2.54. The second-order valence-electron chi connectivity index (χ2n) is 4.64. The van der Waals surface area contributed by atoms with Gasteiger partial charge in [-0.1, -0.05) is 23.2 Å². The minimum Gasteiger partial charge on any atom is -0.482 e. The number of halogens is 2. The molecule has 2 aromatic rings. The minimum absolute atomic E-state index is 0.104. The van der Waals surface area contributed by atoms with E-state index in [1.165, 1.54) is 37.4 Å². The summed E-state index contributed by atoms with van der Waals surface area (Å²) in [6.07, 6.45) is 0. The van der Waals surface area contributed by atoms with E-state index in [9.17, 15) is 13.2 Å². The maximum Gasteiger partial charge on any atom is 0.262 e. The molecule has 2 aromatic carbocycles. The first kappa shape index (κ1) is 18.5. The van der Waals surface area contributed by atoms with Crippen molar-refractivity contribution in [2.75, 3.05) is 19.0 Å². The molecular formula is C15H14Cl2N2O4S. The smallest absolute Gasteiger partial charge is 0.262 e. The monoisotopic (exact) mass is 388 g/mol. The van der Waals surface area contributed by atoms with Crippen molar-refractivity contribution in [2.45, 2.75) is 4.90 Å². The standard InChI is InChI=1S/C15H14Cl2N2O4S/c1-18-24(21,22)12-5-3-11(4-6-12)19-15(20)9-23-14-7-2-10(16)8-13(14)17/h2-8,18H,9H2,1H3,(H,19,20). The van der Waals surface area contributed by atoms with Crippen molar-refractivity contribution in [3.8, 4) is 5.75 Å². The predicted molar refractivity (Wildman–Crippen MR) is 93.3 cm³/mol. The molecule has 0 saturated carbocycles. The maximum atomic E-state index is 11.9. The van der Waals surface area contributed by atoms with Crippen LogP contribution in [0.1, 0.15) is 0 Å². The molecule has 0 aliphatic carbocycles. The van der Waals surface area contributed by atoms with Crippen molar-refractivity contribution < 1.29 is 17.9 Å². The van der Waals surface area contributed by atoms with Crippen LogP contribution >= 0.6 is 23.2 Å². The van der Waals surface area contributed by atoms with Gasteiger partial charge in [-0.25, -0.2) is 13.1 Å². The van der Waals surface area contributed by atoms with Gasteiger partial charge in [0.1, 0.15) is 5.75 Å². The number of carbonyl (C=O) groups excluding carboxylic acids is 1. The summed E-state index contributed by atoms with van der Waals surface area (Å²) in [5, 5.41) is 3.36. The van der Waals surface area contributed by atoms with Gasteiger partial charge in [-0.3, -0.25) is 4.79 Å². The molecule has 0 atom stereocenters. The summed E-state index contributed by atoms with van der Waals surface area (Å²) in [5.41, 5.74) is 0.445. The molecule has 0 aromatic heterocycles. The van der Waals surface area contributed by atoms with Crippen LogP contribution in [0.3, 0.4) is 0 Å². The minimum atomic E-state index is -3.51. The fraction of sp³-hybridized carbons (Fsp3) is 0.133. The molecule has 2 N–H and O–H groups in total. The first-order valence-electron chi connectivity index (χ1n) is 6.73. The van der Waals surface area contributed by atoms with Crippen LogP contribution < -0.4 is 14.8 Å². The Morgan fingerprint density at radius 3 is 2.38 bits per heavy atom. The molecule has 0 radical (unpaired) electrons. The van der Waals surface area contributed by atoms with Crippen LogP contribution in [0, 0.1) is 0 Å². The summed E-state index contributed by atoms with van der Waals surface area (Å²) >= 11 is 11.7. The van der Waals surface area contributed by atoms with Gasteiger partial charge in [0.15, 0.2) is 6.61 Å². The largest absolute Gasteiger partial charge is 0.482 e. The zero-order valence-corrected chi connectivity index (χ0v) is 14.9. The number of ether oxygens (including phenoxy) is 1. The summed E-state index contributed by atoms with van der Waals surface area (Å²) in [4.78, 5) is 12.0. The third kappa shape index (κ3) is 4.85. The Morgan fingerprint density at radius 2 is 1.79 bits per heavy atom. The van der Waals surface area contributed by atoms with Crippen molar-refractivity contribution in [2.24, 2.45) is 0 Å². The Kier molecular flexibility index (Phi) is 6.06. The quantitative estimate of drug-likeness (QED) is 0.796. The Balaban J connectivity index is 1.95. The van der Waals surface area contributed by atoms with E-state index < -0.39 is 15.9 Å². The van der Waals surface area contributed by atoms with Gasteiger partial charge in [0.05, 0.1) is 9.92 Å². The van der Waals surface area contributed by atoms with Gasteiger partial charge in [0, 0.05) is 10.7 Å². The van der Waals surface area contributed by atoms with E-state index >= 15 is 0 Å². The van der Waals surface area contributed by atoms with Crippen molar-refractivity contribution in [1.82, 2.24) is 4.72 Å². The lowest BCUT2D eigenvalue weighted by atomic mass is 10.3. The van der Waals surface area contributed by atoms with E-state index in [-0.39, 0.29) is 11.5 Å². The number of sulfonamides is 1. The Morgan fingerprint density at radius 1 is 1.12 bits per heavy atom. The second-order valence-corrected chi connectivity index (χ2v) is 7.37. The fourth-order valence-electron chi connectivity index (χ4n) is 1.77. The first-order chi connectivity index (χ1) is 11.3. The third-order valence-electron chi connectivity index (χ3n) is 2.97. The molecule has 0 heterocycles. The SMILES string of the molecule is CNS(=O)(=O)c1ccc(NC(=O)COc2ccc(Cl)cc2Cl)cc1. The van der Waals surface area contributed by atoms with Crippen molar-refractivity contribution in [3.05, 3.63) is 52.5 Å². The van der Waals surface area contributed by atoms with Crippen LogP contribution in [-0.4, -0.2) is 28.0 Å². The summed E-state index contributed by atoms with van der Waals surface area (Å²) in [7, 11) is -2.19. The van der Waals surface area contributed by atoms with Crippen LogP contribution in [0.4, 0.5) is 5.69 Å². The lowest BCUT2D eigenvalue weighted by Gasteiger charge is -2.09. The summed E-state index contributed by atoms with van der Waals surface area (Å²) in [6.45, 7) is -0.252. The number of carbonyl (C=O) groups is 1. The number of anilines is 1. The number of hydrogen-bond donors (Lipinski definition) is 2. The lowest BCUT2D eigenvalue weighted by molar-refractivity contribution is -0.118. The number of amides is 1. The van der Waals surface area contributed by atoms with Crippen LogP contribution in [0.5, 0.6) is 5.75 Å². The van der Waals surface area contributed by atoms with Crippen molar-refractivity contribution in [1.29, 1.82) is 0 Å². The van der Waals surface area contributed by atoms with Crippen molar-refractivity contribution in [3.63, 3.8) is 0 Å². The molecule has 0 fully saturated rings. The molecule has 24 heavy (non-hydrogen) atoms. The van der Waals surface area contributed by atoms with Gasteiger partial charge >= 0.3 is 0 Å². The number of rotatable bonds is 6. The number of benzene rings is 2. The molecule has 0 unspecified atom stereocenters. The van der Waals surface area contributed by atoms with E-state index in [0.29, 0.717) is 21.5 Å². The Hall–Kier alpha value is -1.80. The van der Waals surface area contributed by atoms with Gasteiger partial charge in [0.2, 0.25) is 10.0 Å². The first-order valence-corrected chi connectivity index (χ1v) is 8.97. The number of hydrogen-bond acceptors (Lipinski definition) is 4. The highest BCUT2D eigenvalue weighted by atomic mass is 35.5. The highest BCUT2D eigenvalue weighted by Crippen LogP contribution is 2.27. The Labute approximate surface area is 149 Å². The van der Waals surface area contributed by atoms with Gasteiger partial charge in [0.25, 0.3) is 5.91 Å². The van der Waals surface area contributed by atoms with E-state index in [2.05, 4.69) is 10.0 Å². The molecule has 0 spiro atoms. The average molecular weight is 389 g/mol. The van der Waals surface area contributed by atoms with E-state index in [4.69, 9.17) is 27.9 Å². The molecule has 1 amide bonds. The summed E-state index contributed by atoms with van der Waals surface area (Å²) in [5.74, 6) is -0.0723. The Bertz CT molecular complexity index is 839. The van der Waals surface area contributed by atoms with E-state index in [0.717, 1.165) is 0 Å². The van der Waals surface area contributed by atoms with Gasteiger partial charge in [-0.15, -0.1) is 0 Å². The topological polar surface area (TPSA) is 84.5 Å². The molecule has 2 rings (SSSR count). The van der Waals surface area contributed by atoms with Crippen molar-refractivity contribution >= 4 is 44.8 Å². The van der Waals surface area contributed by atoms with Gasteiger partial charge in [-0.2, -0.15) is 0 Å². The van der Waals surface area contributed by atoms with Crippen LogP contribution in [-0.2, 0) is 14.8 Å². The molecule has 9 heteroatoms. The molecular weight excluding hydrogens is 375 g/mol. The van der Waals surface area contributed by atoms with Crippen LogP contribution in [0.25, 0.3) is 0 Å². The molecule has 6 nitrogen and oxygen atoms in total. The lowest BCUT2D eigenvalue weighted by Crippen LogP contribution is -2.21. The maximum absolute atomic E-state index is 11.9. The van der Waals surface area contributed by atoms with Crippen LogP contribution in [0.2, 0.25) is 10.0 Å². The highest BCUT2D eigenvalue weighted by Gasteiger charge is 2.11. The third-order valence-corrected chi connectivity index (χ3v) is 4.93. The normalized spacial score (nSPS) is 11.1. The predicted octanol–water partition coefficient (Wildman–Crippen LogP) is 2.92. The van der Waals surface area contributed by atoms with Gasteiger partial charge < -0.3 is 10.1 Å². The number of nitrogens with one attached hydrogen (secondary N) is 2. The van der Waals surface area contributed by atoms with Gasteiger partial charge in [-0.05, 0) is 49.5 Å². The molecule has 0 aliphatic rings.